The average molecular weight is 230 g/mol. The van der Waals surface area contributed by atoms with Gasteiger partial charge in [-0.05, 0) is 13.8 Å². The summed E-state index contributed by atoms with van der Waals surface area (Å²) in [6.45, 7) is 3.56. The van der Waals surface area contributed by atoms with Crippen LogP contribution in [0, 0.1) is 0 Å². The maximum atomic E-state index is 11.2. The number of ether oxygens (including phenoxy) is 1. The number of rotatable bonds is 6. The monoisotopic (exact) mass is 230 g/mol. The van der Waals surface area contributed by atoms with E-state index in [1.54, 1.807) is 0 Å². The lowest BCUT2D eigenvalue weighted by atomic mass is 10.2. The molecular weight excluding hydrogens is 212 g/mol. The minimum absolute atomic E-state index is 0.0187. The number of amides is 2. The first kappa shape index (κ1) is 14.4. The summed E-state index contributed by atoms with van der Waals surface area (Å²) >= 11 is 0. The number of esters is 1. The Morgan fingerprint density at radius 1 is 1.19 bits per heavy atom. The molecule has 0 radical (unpaired) electrons. The minimum atomic E-state index is -0.431. The van der Waals surface area contributed by atoms with Crippen molar-refractivity contribution in [1.29, 1.82) is 0 Å². The molecule has 0 atom stereocenters. The SMILES string of the molecule is COC(=O)CCC(=O)CNC(=O)NC(C)C. The van der Waals surface area contributed by atoms with Crippen LogP contribution in [0.2, 0.25) is 0 Å². The van der Waals surface area contributed by atoms with Gasteiger partial charge in [0.15, 0.2) is 5.78 Å². The summed E-state index contributed by atoms with van der Waals surface area (Å²) in [6.07, 6.45) is 0.122. The van der Waals surface area contributed by atoms with Crippen molar-refractivity contribution in [3.8, 4) is 0 Å². The highest BCUT2D eigenvalue weighted by atomic mass is 16.5. The molecule has 0 aromatic carbocycles. The van der Waals surface area contributed by atoms with Gasteiger partial charge in [0, 0.05) is 12.5 Å². The Kier molecular flexibility index (Phi) is 6.91. The Bertz CT molecular complexity index is 264. The Morgan fingerprint density at radius 3 is 2.31 bits per heavy atom. The number of nitrogens with one attached hydrogen (secondary N) is 2. The Hall–Kier alpha value is -1.59. The van der Waals surface area contributed by atoms with E-state index in [-0.39, 0.29) is 37.2 Å². The molecule has 0 aliphatic rings. The highest BCUT2D eigenvalue weighted by Gasteiger charge is 2.08. The normalized spacial score (nSPS) is 9.75. The Labute approximate surface area is 94.7 Å². The van der Waals surface area contributed by atoms with E-state index in [9.17, 15) is 14.4 Å². The number of hydrogen-bond acceptors (Lipinski definition) is 4. The van der Waals surface area contributed by atoms with Crippen molar-refractivity contribution >= 4 is 17.8 Å². The van der Waals surface area contributed by atoms with Gasteiger partial charge in [-0.15, -0.1) is 0 Å². The fraction of sp³-hybridized carbons (Fsp3) is 0.700. The quantitative estimate of drug-likeness (QED) is 0.639. The van der Waals surface area contributed by atoms with Crippen molar-refractivity contribution in [1.82, 2.24) is 10.6 Å². The third kappa shape index (κ3) is 7.78. The van der Waals surface area contributed by atoms with Crippen molar-refractivity contribution in [3.05, 3.63) is 0 Å². The number of carbonyl (C=O) groups is 3. The molecule has 6 nitrogen and oxygen atoms in total. The van der Waals surface area contributed by atoms with Gasteiger partial charge in [0.1, 0.15) is 0 Å². The van der Waals surface area contributed by atoms with Crippen LogP contribution in [0.4, 0.5) is 4.79 Å². The highest BCUT2D eigenvalue weighted by molar-refractivity contribution is 5.87. The zero-order valence-corrected chi connectivity index (χ0v) is 9.83. The van der Waals surface area contributed by atoms with Gasteiger partial charge in [-0.2, -0.15) is 0 Å². The summed E-state index contributed by atoms with van der Waals surface area (Å²) in [5.74, 6) is -0.635. The van der Waals surface area contributed by atoms with E-state index in [0.717, 1.165) is 0 Å². The molecule has 0 saturated heterocycles. The lowest BCUT2D eigenvalue weighted by molar-refractivity contribution is -0.141. The molecule has 0 rings (SSSR count). The molecular formula is C10H18N2O4. The molecule has 0 unspecified atom stereocenters. The maximum absolute atomic E-state index is 11.2. The Morgan fingerprint density at radius 2 is 1.81 bits per heavy atom. The summed E-state index contributed by atoms with van der Waals surface area (Å²) in [7, 11) is 1.27. The van der Waals surface area contributed by atoms with Gasteiger partial charge in [0.2, 0.25) is 0 Å². The molecule has 0 aromatic rings. The lowest BCUT2D eigenvalue weighted by Crippen LogP contribution is -2.41. The zero-order chi connectivity index (χ0) is 12.6. The van der Waals surface area contributed by atoms with Gasteiger partial charge >= 0.3 is 12.0 Å². The fourth-order valence-corrected chi connectivity index (χ4v) is 0.924. The average Bonchev–Trinajstić information content (AvgIpc) is 2.22. The highest BCUT2D eigenvalue weighted by Crippen LogP contribution is 1.92. The number of methoxy groups -OCH3 is 1. The first-order valence-electron chi connectivity index (χ1n) is 5.08. The molecule has 0 aliphatic heterocycles. The van der Waals surface area contributed by atoms with Crippen molar-refractivity contribution in [2.75, 3.05) is 13.7 Å². The standard InChI is InChI=1S/C10H18N2O4/c1-7(2)12-10(15)11-6-8(13)4-5-9(14)16-3/h7H,4-6H2,1-3H3,(H2,11,12,15). The summed E-state index contributed by atoms with van der Waals surface area (Å²) in [4.78, 5) is 33.0. The number of carbonyl (C=O) groups excluding carboxylic acids is 3. The minimum Gasteiger partial charge on any atom is -0.469 e. The molecule has 0 bridgehead atoms. The molecule has 2 N–H and O–H groups in total. The molecule has 0 aliphatic carbocycles. The van der Waals surface area contributed by atoms with Gasteiger partial charge in [-0.1, -0.05) is 0 Å². The molecule has 2 amide bonds. The molecule has 0 fully saturated rings. The summed E-state index contributed by atoms with van der Waals surface area (Å²) < 4.78 is 4.39. The van der Waals surface area contributed by atoms with E-state index < -0.39 is 5.97 Å². The summed E-state index contributed by atoms with van der Waals surface area (Å²) in [6, 6.07) is -0.369. The molecule has 6 heteroatoms. The summed E-state index contributed by atoms with van der Waals surface area (Å²) in [5.41, 5.74) is 0. The molecule has 0 spiro atoms. The fourth-order valence-electron chi connectivity index (χ4n) is 0.924. The van der Waals surface area contributed by atoms with Crippen LogP contribution >= 0.6 is 0 Å². The van der Waals surface area contributed by atoms with Gasteiger partial charge in [0.05, 0.1) is 20.1 Å². The van der Waals surface area contributed by atoms with Crippen molar-refractivity contribution in [2.45, 2.75) is 32.7 Å². The third-order valence-electron chi connectivity index (χ3n) is 1.70. The van der Waals surface area contributed by atoms with Crippen LogP contribution in [0.5, 0.6) is 0 Å². The summed E-state index contributed by atoms with van der Waals surface area (Å²) in [5, 5.41) is 4.98. The van der Waals surface area contributed by atoms with Gasteiger partial charge in [0.25, 0.3) is 0 Å². The maximum Gasteiger partial charge on any atom is 0.315 e. The van der Waals surface area contributed by atoms with Crippen LogP contribution in [-0.2, 0) is 14.3 Å². The molecule has 16 heavy (non-hydrogen) atoms. The third-order valence-corrected chi connectivity index (χ3v) is 1.70. The predicted molar refractivity (Wildman–Crippen MR) is 57.9 cm³/mol. The van der Waals surface area contributed by atoms with Crippen LogP contribution in [0.25, 0.3) is 0 Å². The lowest BCUT2D eigenvalue weighted by Gasteiger charge is -2.09. The zero-order valence-electron chi connectivity index (χ0n) is 9.83. The van der Waals surface area contributed by atoms with E-state index in [4.69, 9.17) is 0 Å². The van der Waals surface area contributed by atoms with Crippen molar-refractivity contribution in [2.24, 2.45) is 0 Å². The topological polar surface area (TPSA) is 84.5 Å². The van der Waals surface area contributed by atoms with E-state index >= 15 is 0 Å². The number of urea groups is 1. The van der Waals surface area contributed by atoms with Crippen molar-refractivity contribution in [3.63, 3.8) is 0 Å². The second-order valence-electron chi connectivity index (χ2n) is 3.60. The Balaban J connectivity index is 3.65. The smallest absolute Gasteiger partial charge is 0.315 e. The number of Topliss-reactive ketones (excluding diaryl/α,β-unsaturated/α-hetero) is 1. The first-order valence-corrected chi connectivity index (χ1v) is 5.08. The number of ketones is 1. The molecule has 92 valence electrons. The van der Waals surface area contributed by atoms with Crippen LogP contribution in [0.15, 0.2) is 0 Å². The van der Waals surface area contributed by atoms with Crippen LogP contribution in [0.1, 0.15) is 26.7 Å². The van der Waals surface area contributed by atoms with Crippen LogP contribution < -0.4 is 10.6 Å². The van der Waals surface area contributed by atoms with Gasteiger partial charge in [-0.25, -0.2) is 4.79 Å². The van der Waals surface area contributed by atoms with Crippen molar-refractivity contribution < 1.29 is 19.1 Å². The van der Waals surface area contributed by atoms with E-state index in [2.05, 4.69) is 15.4 Å². The molecule has 0 aromatic heterocycles. The number of hydrogen-bond donors (Lipinski definition) is 2. The van der Waals surface area contributed by atoms with E-state index in [1.165, 1.54) is 7.11 Å². The van der Waals surface area contributed by atoms with Gasteiger partial charge in [-0.3, -0.25) is 9.59 Å². The largest absolute Gasteiger partial charge is 0.469 e. The van der Waals surface area contributed by atoms with Crippen LogP contribution in [0.3, 0.4) is 0 Å². The van der Waals surface area contributed by atoms with Crippen LogP contribution in [-0.4, -0.2) is 37.5 Å². The molecule has 0 saturated carbocycles. The predicted octanol–water partition coefficient (Wildman–Crippen LogP) is 0.216. The molecule has 0 heterocycles. The second-order valence-corrected chi connectivity index (χ2v) is 3.60. The van der Waals surface area contributed by atoms with E-state index in [1.807, 2.05) is 13.8 Å². The van der Waals surface area contributed by atoms with Gasteiger partial charge < -0.3 is 15.4 Å². The van der Waals surface area contributed by atoms with E-state index in [0.29, 0.717) is 0 Å². The second kappa shape index (κ2) is 7.67. The first-order chi connectivity index (χ1) is 7.45.